The summed E-state index contributed by atoms with van der Waals surface area (Å²) >= 11 is 0. The van der Waals surface area contributed by atoms with Crippen LogP contribution in [0.15, 0.2) is 24.3 Å². The zero-order chi connectivity index (χ0) is 32.4. The lowest BCUT2D eigenvalue weighted by Crippen LogP contribution is -2.39. The molecular formula is C39H64O6. The highest BCUT2D eigenvalue weighted by Gasteiger charge is 2.41. The second-order valence-corrected chi connectivity index (χ2v) is 16.0. The number of esters is 2. The lowest BCUT2D eigenvalue weighted by atomic mass is 9.60. The molecular weight excluding hydrogens is 564 g/mol. The predicted molar refractivity (Wildman–Crippen MR) is 180 cm³/mol. The number of carbonyl (C=O) groups excluding carboxylic acids is 2. The van der Waals surface area contributed by atoms with Gasteiger partial charge in [0.05, 0.1) is 25.4 Å². The molecule has 0 aromatic rings. The Bertz CT molecular complexity index is 962. The summed E-state index contributed by atoms with van der Waals surface area (Å²) < 4.78 is 23.8. The summed E-state index contributed by atoms with van der Waals surface area (Å²) in [6, 6.07) is 0. The van der Waals surface area contributed by atoms with Crippen LogP contribution in [-0.2, 0) is 28.5 Å². The van der Waals surface area contributed by atoms with Crippen LogP contribution in [0, 0.1) is 40.9 Å². The van der Waals surface area contributed by atoms with E-state index in [2.05, 4.69) is 27.0 Å². The third-order valence-corrected chi connectivity index (χ3v) is 12.0. The van der Waals surface area contributed by atoms with Crippen molar-refractivity contribution in [3.8, 4) is 0 Å². The molecule has 4 rings (SSSR count). The van der Waals surface area contributed by atoms with Crippen molar-refractivity contribution < 1.29 is 28.5 Å². The standard InChI is InChI=1S/C39H64O6/c1-27(2)37(40)44-24-30-12-10-29(11-13-30)23-42-35-18-14-33(15-19-35)39(5,6)34-16-20-36(21-17-34)43-25-31-8-7-9-32(22-31)26-45-38(41)28(3)4/h29-36H,1,3,7-26H2,2,4-6H3. The maximum absolute atomic E-state index is 11.8. The molecule has 6 nitrogen and oxygen atoms in total. The first kappa shape index (κ1) is 36.2. The second kappa shape index (κ2) is 17.5. The number of hydrogen-bond acceptors (Lipinski definition) is 6. The number of carbonyl (C=O) groups is 2. The van der Waals surface area contributed by atoms with Crippen LogP contribution < -0.4 is 0 Å². The van der Waals surface area contributed by atoms with Crippen molar-refractivity contribution in [3.05, 3.63) is 24.3 Å². The van der Waals surface area contributed by atoms with Gasteiger partial charge in [0.15, 0.2) is 0 Å². The molecule has 0 bridgehead atoms. The van der Waals surface area contributed by atoms with Crippen molar-refractivity contribution in [3.63, 3.8) is 0 Å². The molecule has 45 heavy (non-hydrogen) atoms. The lowest BCUT2D eigenvalue weighted by molar-refractivity contribution is -0.141. The van der Waals surface area contributed by atoms with Gasteiger partial charge in [-0.1, -0.05) is 33.4 Å². The summed E-state index contributed by atoms with van der Waals surface area (Å²) in [7, 11) is 0. The Labute approximate surface area is 274 Å². The Morgan fingerprint density at radius 3 is 1.38 bits per heavy atom. The van der Waals surface area contributed by atoms with Crippen LogP contribution in [0.1, 0.15) is 130 Å². The van der Waals surface area contributed by atoms with Gasteiger partial charge in [0.25, 0.3) is 0 Å². The highest BCUT2D eigenvalue weighted by atomic mass is 16.5. The third kappa shape index (κ3) is 11.2. The van der Waals surface area contributed by atoms with Crippen LogP contribution in [0.3, 0.4) is 0 Å². The van der Waals surface area contributed by atoms with E-state index >= 15 is 0 Å². The summed E-state index contributed by atoms with van der Waals surface area (Å²) in [6.07, 6.45) is 20.1. The SMILES string of the molecule is C=C(C)C(=O)OCC1CCC(COC2CCC(C(C)(C)C3CCC(OCC4CCCC(COC(=O)C(=C)C)C4)CC3)CC2)CC1. The fourth-order valence-electron chi connectivity index (χ4n) is 8.73. The van der Waals surface area contributed by atoms with Crippen molar-refractivity contribution in [2.45, 2.75) is 143 Å². The van der Waals surface area contributed by atoms with Crippen LogP contribution >= 0.6 is 0 Å². The minimum atomic E-state index is -0.263. The Morgan fingerprint density at radius 2 is 0.933 bits per heavy atom. The van der Waals surface area contributed by atoms with Crippen molar-refractivity contribution >= 4 is 11.9 Å². The molecule has 4 aliphatic carbocycles. The molecule has 2 atom stereocenters. The molecule has 0 N–H and O–H groups in total. The molecule has 4 fully saturated rings. The molecule has 4 saturated carbocycles. The van der Waals surface area contributed by atoms with E-state index in [1.54, 1.807) is 13.8 Å². The van der Waals surface area contributed by atoms with Crippen molar-refractivity contribution in [2.24, 2.45) is 40.9 Å². The van der Waals surface area contributed by atoms with Gasteiger partial charge in [-0.15, -0.1) is 0 Å². The molecule has 0 saturated heterocycles. The molecule has 2 unspecified atom stereocenters. The molecule has 0 radical (unpaired) electrons. The summed E-state index contributed by atoms with van der Waals surface area (Å²) in [5, 5.41) is 0. The first-order valence-corrected chi connectivity index (χ1v) is 18.4. The Hall–Kier alpha value is -1.66. The molecule has 0 aliphatic heterocycles. The van der Waals surface area contributed by atoms with Gasteiger partial charge in [-0.05, 0) is 151 Å². The second-order valence-electron chi connectivity index (χ2n) is 16.0. The molecule has 256 valence electrons. The van der Waals surface area contributed by atoms with Gasteiger partial charge in [-0.25, -0.2) is 9.59 Å². The highest BCUT2D eigenvalue weighted by molar-refractivity contribution is 5.87. The lowest BCUT2D eigenvalue weighted by Gasteiger charge is -2.47. The number of ether oxygens (including phenoxy) is 4. The van der Waals surface area contributed by atoms with E-state index in [1.165, 1.54) is 77.0 Å². The number of rotatable bonds is 14. The van der Waals surface area contributed by atoms with Gasteiger partial charge in [0.1, 0.15) is 0 Å². The topological polar surface area (TPSA) is 71.1 Å². The van der Waals surface area contributed by atoms with E-state index in [0.717, 1.165) is 50.7 Å². The largest absolute Gasteiger partial charge is 0.462 e. The normalized spacial score (nSPS) is 32.8. The predicted octanol–water partition coefficient (Wildman–Crippen LogP) is 9.01. The molecule has 0 aromatic heterocycles. The Balaban J connectivity index is 1.08. The Morgan fingerprint density at radius 1 is 0.556 bits per heavy atom. The van der Waals surface area contributed by atoms with E-state index in [0.29, 0.717) is 65.7 Å². The summed E-state index contributed by atoms with van der Waals surface area (Å²) in [6.45, 7) is 18.7. The van der Waals surface area contributed by atoms with Crippen molar-refractivity contribution in [2.75, 3.05) is 26.4 Å². The first-order valence-electron chi connectivity index (χ1n) is 18.4. The minimum absolute atomic E-state index is 0.261. The monoisotopic (exact) mass is 628 g/mol. The third-order valence-electron chi connectivity index (χ3n) is 12.0. The van der Waals surface area contributed by atoms with Gasteiger partial charge in [-0.2, -0.15) is 0 Å². The van der Waals surface area contributed by atoms with Crippen molar-refractivity contribution in [1.82, 2.24) is 0 Å². The van der Waals surface area contributed by atoms with E-state index < -0.39 is 0 Å². The van der Waals surface area contributed by atoms with Crippen LogP contribution in [0.5, 0.6) is 0 Å². The van der Waals surface area contributed by atoms with E-state index in [1.807, 2.05) is 0 Å². The van der Waals surface area contributed by atoms with Crippen LogP contribution in [-0.4, -0.2) is 50.6 Å². The maximum Gasteiger partial charge on any atom is 0.333 e. The quantitative estimate of drug-likeness (QED) is 0.141. The molecule has 0 amide bonds. The fraction of sp³-hybridized carbons (Fsp3) is 0.846. The smallest absolute Gasteiger partial charge is 0.333 e. The van der Waals surface area contributed by atoms with Crippen LogP contribution in [0.2, 0.25) is 0 Å². The van der Waals surface area contributed by atoms with Gasteiger partial charge in [0.2, 0.25) is 0 Å². The summed E-state index contributed by atoms with van der Waals surface area (Å²) in [4.78, 5) is 23.5. The van der Waals surface area contributed by atoms with Crippen molar-refractivity contribution in [1.29, 1.82) is 0 Å². The molecule has 0 heterocycles. The Kier molecular flexibility index (Phi) is 14.1. The van der Waals surface area contributed by atoms with Gasteiger partial charge in [-0.3, -0.25) is 0 Å². The summed E-state index contributed by atoms with van der Waals surface area (Å²) in [5.41, 5.74) is 1.34. The average molecular weight is 629 g/mol. The zero-order valence-corrected chi connectivity index (χ0v) is 29.1. The minimum Gasteiger partial charge on any atom is -0.462 e. The van der Waals surface area contributed by atoms with Gasteiger partial charge >= 0.3 is 11.9 Å². The first-order chi connectivity index (χ1) is 21.5. The maximum atomic E-state index is 11.8. The molecule has 4 aliphatic rings. The highest BCUT2D eigenvalue weighted by Crippen LogP contribution is 2.49. The number of hydrogen-bond donors (Lipinski definition) is 0. The van der Waals surface area contributed by atoms with Crippen LogP contribution in [0.25, 0.3) is 0 Å². The summed E-state index contributed by atoms with van der Waals surface area (Å²) in [5.74, 6) is 3.23. The van der Waals surface area contributed by atoms with Crippen LogP contribution in [0.4, 0.5) is 0 Å². The fourth-order valence-corrected chi connectivity index (χ4v) is 8.73. The average Bonchev–Trinajstić information content (AvgIpc) is 3.05. The van der Waals surface area contributed by atoms with E-state index in [9.17, 15) is 9.59 Å². The zero-order valence-electron chi connectivity index (χ0n) is 29.1. The van der Waals surface area contributed by atoms with Gasteiger partial charge < -0.3 is 18.9 Å². The van der Waals surface area contributed by atoms with E-state index in [-0.39, 0.29) is 11.9 Å². The van der Waals surface area contributed by atoms with E-state index in [4.69, 9.17) is 18.9 Å². The van der Waals surface area contributed by atoms with Gasteiger partial charge in [0, 0.05) is 24.4 Å². The molecule has 0 aromatic carbocycles. The molecule has 6 heteroatoms. The molecule has 0 spiro atoms.